The number of aromatic nitrogens is 2. The predicted octanol–water partition coefficient (Wildman–Crippen LogP) is 4.01. The number of pyridine rings is 1. The summed E-state index contributed by atoms with van der Waals surface area (Å²) < 4.78 is 7.29. The van der Waals surface area contributed by atoms with E-state index in [0.717, 1.165) is 5.69 Å². The first-order valence-corrected chi connectivity index (χ1v) is 8.67. The lowest BCUT2D eigenvalue weighted by Gasteiger charge is -2.09. The number of imidazole rings is 1. The van der Waals surface area contributed by atoms with Gasteiger partial charge in [0.05, 0.1) is 17.3 Å². The fourth-order valence-corrected chi connectivity index (χ4v) is 2.79. The molecule has 0 saturated heterocycles. The van der Waals surface area contributed by atoms with Crippen molar-refractivity contribution in [1.29, 1.82) is 0 Å². The number of carbonyl (C=O) groups is 1. The second-order valence-electron chi connectivity index (χ2n) is 5.39. The van der Waals surface area contributed by atoms with Gasteiger partial charge in [-0.1, -0.05) is 30.1 Å². The molecule has 0 unspecified atom stereocenters. The Bertz CT molecular complexity index is 891. The number of amides is 1. The summed E-state index contributed by atoms with van der Waals surface area (Å²) in [5.74, 6) is 0.501. The van der Waals surface area contributed by atoms with Crippen LogP contribution in [0.15, 0.2) is 42.6 Å². The van der Waals surface area contributed by atoms with E-state index in [1.54, 1.807) is 47.0 Å². The number of nitrogens with zero attached hydrogens (tertiary/aromatic N) is 2. The zero-order chi connectivity index (χ0) is 17.8. The van der Waals surface area contributed by atoms with E-state index in [2.05, 4.69) is 10.3 Å². The van der Waals surface area contributed by atoms with E-state index < -0.39 is 0 Å². The summed E-state index contributed by atoms with van der Waals surface area (Å²) in [5.41, 5.74) is 1.94. The summed E-state index contributed by atoms with van der Waals surface area (Å²) in [7, 11) is 0. The molecule has 1 amide bonds. The van der Waals surface area contributed by atoms with Crippen LogP contribution in [0.5, 0.6) is 5.75 Å². The van der Waals surface area contributed by atoms with Gasteiger partial charge in [-0.05, 0) is 42.8 Å². The number of halogens is 2. The molecule has 1 N–H and O–H groups in total. The molecule has 0 aliphatic carbocycles. The highest BCUT2D eigenvalue weighted by molar-refractivity contribution is 6.30. The van der Waals surface area contributed by atoms with E-state index in [1.165, 1.54) is 0 Å². The summed E-state index contributed by atoms with van der Waals surface area (Å²) in [5, 5.41) is 4.06. The highest BCUT2D eigenvalue weighted by atomic mass is 35.5. The van der Waals surface area contributed by atoms with Crippen molar-refractivity contribution in [3.8, 4) is 5.75 Å². The van der Waals surface area contributed by atoms with E-state index in [9.17, 15) is 4.79 Å². The zero-order valence-corrected chi connectivity index (χ0v) is 15.1. The van der Waals surface area contributed by atoms with E-state index in [1.807, 2.05) is 6.92 Å². The van der Waals surface area contributed by atoms with Crippen LogP contribution in [0, 0.1) is 0 Å². The Morgan fingerprint density at radius 1 is 1.16 bits per heavy atom. The lowest BCUT2D eigenvalue weighted by atomic mass is 10.2. The van der Waals surface area contributed by atoms with Crippen molar-refractivity contribution >= 4 is 34.8 Å². The van der Waals surface area contributed by atoms with Crippen molar-refractivity contribution in [3.05, 3.63) is 64.0 Å². The van der Waals surface area contributed by atoms with Gasteiger partial charge < -0.3 is 10.1 Å². The number of ether oxygens (including phenoxy) is 1. The molecule has 0 bridgehead atoms. The Balaban J connectivity index is 1.65. The lowest BCUT2D eigenvalue weighted by Crippen LogP contribution is -2.29. The molecule has 5 nitrogen and oxygen atoms in total. The molecule has 0 spiro atoms. The Kier molecular flexibility index (Phi) is 5.46. The van der Waals surface area contributed by atoms with E-state index in [-0.39, 0.29) is 5.91 Å². The summed E-state index contributed by atoms with van der Waals surface area (Å²) in [6.07, 6.45) is 2.35. The minimum Gasteiger partial charge on any atom is -0.492 e. The number of rotatable bonds is 6. The molecule has 0 aliphatic rings. The minimum atomic E-state index is -0.202. The number of hydrogen-bond donors (Lipinski definition) is 1. The first-order valence-electron chi connectivity index (χ1n) is 7.91. The number of nitrogens with one attached hydrogen (secondary N) is 1. The van der Waals surface area contributed by atoms with Crippen molar-refractivity contribution in [1.82, 2.24) is 14.7 Å². The number of aryl methyl sites for hydroxylation is 1. The molecule has 130 valence electrons. The van der Waals surface area contributed by atoms with Crippen molar-refractivity contribution in [2.24, 2.45) is 0 Å². The zero-order valence-electron chi connectivity index (χ0n) is 13.6. The quantitative estimate of drug-likeness (QED) is 0.660. The second-order valence-corrected chi connectivity index (χ2v) is 6.27. The molecule has 1 aromatic carbocycles. The normalized spacial score (nSPS) is 10.8. The highest BCUT2D eigenvalue weighted by Crippen LogP contribution is 2.18. The standard InChI is InChI=1S/C18H17Cl2N3O2/c1-2-15-17(23-11-13(20)5-8-16(23)22-15)18(24)21-9-10-25-14-6-3-12(19)4-7-14/h3-8,11H,2,9-10H2,1H3,(H,21,24). The van der Waals surface area contributed by atoms with Crippen molar-refractivity contribution < 1.29 is 9.53 Å². The van der Waals surface area contributed by atoms with Gasteiger partial charge in [-0.3, -0.25) is 9.20 Å². The molecular weight excluding hydrogens is 361 g/mol. The van der Waals surface area contributed by atoms with Gasteiger partial charge in [0, 0.05) is 11.2 Å². The van der Waals surface area contributed by atoms with Gasteiger partial charge in [0.2, 0.25) is 0 Å². The van der Waals surface area contributed by atoms with Crippen LogP contribution in [-0.4, -0.2) is 28.4 Å². The molecule has 3 aromatic rings. The molecule has 2 heterocycles. The number of carbonyl (C=O) groups excluding carboxylic acids is 1. The molecule has 0 saturated carbocycles. The summed E-state index contributed by atoms with van der Waals surface area (Å²) in [6.45, 7) is 2.69. The fraction of sp³-hybridized carbons (Fsp3) is 0.222. The average molecular weight is 378 g/mol. The molecule has 0 aliphatic heterocycles. The van der Waals surface area contributed by atoms with Gasteiger partial charge in [-0.25, -0.2) is 4.98 Å². The fourth-order valence-electron chi connectivity index (χ4n) is 2.50. The maximum atomic E-state index is 12.6. The largest absolute Gasteiger partial charge is 0.492 e. The number of hydrogen-bond acceptors (Lipinski definition) is 3. The van der Waals surface area contributed by atoms with Crippen molar-refractivity contribution in [3.63, 3.8) is 0 Å². The lowest BCUT2D eigenvalue weighted by molar-refractivity contribution is 0.0940. The summed E-state index contributed by atoms with van der Waals surface area (Å²) in [4.78, 5) is 17.1. The molecular formula is C18H17Cl2N3O2. The maximum absolute atomic E-state index is 12.6. The molecule has 0 atom stereocenters. The third kappa shape index (κ3) is 4.06. The first-order chi connectivity index (χ1) is 12.1. The van der Waals surface area contributed by atoms with Crippen molar-refractivity contribution in [2.75, 3.05) is 13.2 Å². The van der Waals surface area contributed by atoms with E-state index in [4.69, 9.17) is 27.9 Å². The third-order valence-corrected chi connectivity index (χ3v) is 4.15. The number of fused-ring (bicyclic) bond motifs is 1. The van der Waals surface area contributed by atoms with Gasteiger partial charge in [-0.2, -0.15) is 0 Å². The van der Waals surface area contributed by atoms with Gasteiger partial charge >= 0.3 is 0 Å². The Morgan fingerprint density at radius 2 is 1.88 bits per heavy atom. The highest BCUT2D eigenvalue weighted by Gasteiger charge is 2.18. The third-order valence-electron chi connectivity index (χ3n) is 3.67. The molecule has 2 aromatic heterocycles. The second kappa shape index (κ2) is 7.76. The van der Waals surface area contributed by atoms with Crippen LogP contribution in [0.25, 0.3) is 5.65 Å². The molecule has 0 radical (unpaired) electrons. The number of benzene rings is 1. The van der Waals surface area contributed by atoms with Gasteiger partial charge in [0.25, 0.3) is 5.91 Å². The van der Waals surface area contributed by atoms with Crippen LogP contribution < -0.4 is 10.1 Å². The van der Waals surface area contributed by atoms with Gasteiger partial charge in [0.1, 0.15) is 23.7 Å². The van der Waals surface area contributed by atoms with Crippen LogP contribution in [-0.2, 0) is 6.42 Å². The van der Waals surface area contributed by atoms with Crippen LogP contribution in [0.2, 0.25) is 10.0 Å². The maximum Gasteiger partial charge on any atom is 0.270 e. The molecule has 3 rings (SSSR count). The monoisotopic (exact) mass is 377 g/mol. The first kappa shape index (κ1) is 17.6. The molecule has 0 fully saturated rings. The van der Waals surface area contributed by atoms with E-state index in [0.29, 0.717) is 46.7 Å². The smallest absolute Gasteiger partial charge is 0.270 e. The van der Waals surface area contributed by atoms with Crippen LogP contribution in [0.4, 0.5) is 0 Å². The summed E-state index contributed by atoms with van der Waals surface area (Å²) >= 11 is 11.9. The Morgan fingerprint density at radius 3 is 2.60 bits per heavy atom. The molecule has 7 heteroatoms. The Labute approximate surface area is 155 Å². The van der Waals surface area contributed by atoms with Crippen LogP contribution in [0.3, 0.4) is 0 Å². The van der Waals surface area contributed by atoms with Crippen molar-refractivity contribution in [2.45, 2.75) is 13.3 Å². The minimum absolute atomic E-state index is 0.202. The topological polar surface area (TPSA) is 55.6 Å². The van der Waals surface area contributed by atoms with Gasteiger partial charge in [-0.15, -0.1) is 0 Å². The van der Waals surface area contributed by atoms with Gasteiger partial charge in [0.15, 0.2) is 0 Å². The predicted molar refractivity (Wildman–Crippen MR) is 98.9 cm³/mol. The SMILES string of the molecule is CCc1nc2ccc(Cl)cn2c1C(=O)NCCOc1ccc(Cl)cc1. The average Bonchev–Trinajstić information content (AvgIpc) is 2.97. The Hall–Kier alpha value is -2.24. The molecule has 25 heavy (non-hydrogen) atoms. The van der Waals surface area contributed by atoms with E-state index >= 15 is 0 Å². The van der Waals surface area contributed by atoms with Crippen LogP contribution >= 0.6 is 23.2 Å². The van der Waals surface area contributed by atoms with Crippen LogP contribution in [0.1, 0.15) is 23.1 Å². The summed E-state index contributed by atoms with van der Waals surface area (Å²) in [6, 6.07) is 10.6.